The lowest BCUT2D eigenvalue weighted by Crippen LogP contribution is -2.42. The Hall–Kier alpha value is -2.36. The molecule has 2 rings (SSSR count). The van der Waals surface area contributed by atoms with E-state index >= 15 is 0 Å². The quantitative estimate of drug-likeness (QED) is 0.277. The molecule has 0 aliphatic carbocycles. The largest absolute Gasteiger partial charge is 0.466 e. The first kappa shape index (κ1) is 22.9. The normalized spacial score (nSPS) is 14.4. The smallest absolute Gasteiger partial charge is 0.240 e. The number of aryl methyl sites for hydroxylation is 2. The molecule has 0 aliphatic rings. The van der Waals surface area contributed by atoms with E-state index in [2.05, 4.69) is 20.3 Å². The van der Waals surface area contributed by atoms with E-state index in [1.165, 1.54) is 0 Å². The van der Waals surface area contributed by atoms with Crippen LogP contribution < -0.4 is 15.4 Å². The minimum Gasteiger partial charge on any atom is -0.466 e. The zero-order chi connectivity index (χ0) is 21.5. The highest BCUT2D eigenvalue weighted by atomic mass is 32.2. The molecule has 0 saturated carbocycles. The van der Waals surface area contributed by atoms with E-state index in [9.17, 15) is 13.5 Å². The minimum atomic E-state index is -3.55. The fourth-order valence-corrected chi connectivity index (χ4v) is 3.93. The molecule has 4 N–H and O–H groups in total. The maximum atomic E-state index is 12.2. The van der Waals surface area contributed by atoms with Crippen molar-refractivity contribution in [3.8, 4) is 0 Å². The summed E-state index contributed by atoms with van der Waals surface area (Å²) < 4.78 is 32.5. The molecule has 9 heteroatoms. The number of aliphatic imine (C=N–C) groups is 1. The van der Waals surface area contributed by atoms with Crippen LogP contribution in [0.2, 0.25) is 0 Å². The van der Waals surface area contributed by atoms with E-state index in [-0.39, 0.29) is 18.0 Å². The Morgan fingerprint density at radius 2 is 1.86 bits per heavy atom. The summed E-state index contributed by atoms with van der Waals surface area (Å²) in [5.74, 6) is 1.89. The molecule has 0 spiro atoms. The van der Waals surface area contributed by atoms with Crippen LogP contribution in [0.15, 0.2) is 50.7 Å². The van der Waals surface area contributed by atoms with Gasteiger partial charge in [-0.3, -0.25) is 0 Å². The predicted molar refractivity (Wildman–Crippen MR) is 113 cm³/mol. The zero-order valence-corrected chi connectivity index (χ0v) is 18.1. The number of nitrogens with one attached hydrogen (secondary N) is 3. The van der Waals surface area contributed by atoms with Crippen LogP contribution in [0, 0.1) is 13.8 Å². The van der Waals surface area contributed by atoms with Gasteiger partial charge >= 0.3 is 0 Å². The summed E-state index contributed by atoms with van der Waals surface area (Å²) in [6.07, 6.45) is 0. The molecule has 8 nitrogen and oxygen atoms in total. The number of benzene rings is 1. The fourth-order valence-electron chi connectivity index (χ4n) is 2.87. The SMILES string of the molecule is CCNC(=NCC(C)(O)c1cc(C)oc1C)NCCNS(=O)(=O)c1ccccc1. The van der Waals surface area contributed by atoms with Gasteiger partial charge in [-0.2, -0.15) is 0 Å². The second-order valence-corrected chi connectivity index (χ2v) is 8.70. The average molecular weight is 423 g/mol. The van der Waals surface area contributed by atoms with Gasteiger partial charge in [0.2, 0.25) is 10.0 Å². The van der Waals surface area contributed by atoms with Gasteiger partial charge in [-0.1, -0.05) is 18.2 Å². The first-order valence-corrected chi connectivity index (χ1v) is 11.0. The van der Waals surface area contributed by atoms with Crippen molar-refractivity contribution < 1.29 is 17.9 Å². The van der Waals surface area contributed by atoms with Crippen molar-refractivity contribution in [2.24, 2.45) is 4.99 Å². The van der Waals surface area contributed by atoms with Crippen molar-refractivity contribution in [3.63, 3.8) is 0 Å². The average Bonchev–Trinajstić information content (AvgIpc) is 3.03. The lowest BCUT2D eigenvalue weighted by atomic mass is 9.96. The molecule has 0 radical (unpaired) electrons. The molecule has 160 valence electrons. The Balaban J connectivity index is 1.93. The minimum absolute atomic E-state index is 0.123. The van der Waals surface area contributed by atoms with Gasteiger partial charge in [0.1, 0.15) is 17.1 Å². The zero-order valence-electron chi connectivity index (χ0n) is 17.3. The first-order chi connectivity index (χ1) is 13.7. The number of guanidine groups is 1. The third-order valence-corrected chi connectivity index (χ3v) is 5.75. The number of hydrogen-bond donors (Lipinski definition) is 4. The maximum absolute atomic E-state index is 12.2. The monoisotopic (exact) mass is 422 g/mol. The third-order valence-electron chi connectivity index (χ3n) is 4.27. The Morgan fingerprint density at radius 3 is 2.45 bits per heavy atom. The number of aliphatic hydroxyl groups is 1. The van der Waals surface area contributed by atoms with Gasteiger partial charge in [-0.15, -0.1) is 0 Å². The van der Waals surface area contributed by atoms with Crippen molar-refractivity contribution in [1.82, 2.24) is 15.4 Å². The Morgan fingerprint density at radius 1 is 1.17 bits per heavy atom. The molecule has 0 fully saturated rings. The molecule has 0 saturated heterocycles. The summed E-state index contributed by atoms with van der Waals surface area (Å²) in [6.45, 7) is 8.54. The van der Waals surface area contributed by atoms with Crippen molar-refractivity contribution in [3.05, 3.63) is 53.5 Å². The van der Waals surface area contributed by atoms with E-state index in [1.54, 1.807) is 37.3 Å². The Labute approximate surface area is 172 Å². The molecule has 0 amide bonds. The topological polar surface area (TPSA) is 116 Å². The number of hydrogen-bond acceptors (Lipinski definition) is 5. The van der Waals surface area contributed by atoms with Crippen LogP contribution in [0.3, 0.4) is 0 Å². The molecule has 1 heterocycles. The number of rotatable bonds is 9. The number of nitrogens with zero attached hydrogens (tertiary/aromatic N) is 1. The summed E-state index contributed by atoms with van der Waals surface area (Å²) in [5.41, 5.74) is -0.482. The lowest BCUT2D eigenvalue weighted by molar-refractivity contribution is 0.0657. The van der Waals surface area contributed by atoms with E-state index < -0.39 is 15.6 Å². The summed E-state index contributed by atoms with van der Waals surface area (Å²) in [6, 6.07) is 10.0. The molecule has 0 aliphatic heterocycles. The second kappa shape index (κ2) is 9.91. The molecular formula is C20H30N4O4S. The lowest BCUT2D eigenvalue weighted by Gasteiger charge is -2.21. The van der Waals surface area contributed by atoms with Crippen LogP contribution >= 0.6 is 0 Å². The molecule has 1 unspecified atom stereocenters. The molecule has 0 bridgehead atoms. The molecule has 1 aromatic carbocycles. The first-order valence-electron chi connectivity index (χ1n) is 9.52. The standard InChI is InChI=1S/C20H30N4O4S/c1-5-21-19(23-14-20(4,25)18-13-15(2)28-16(18)3)22-11-12-24-29(26,27)17-9-7-6-8-10-17/h6-10,13,24-25H,5,11-12,14H2,1-4H3,(H2,21,22,23). The summed E-state index contributed by atoms with van der Waals surface area (Å²) in [4.78, 5) is 4.65. The van der Waals surface area contributed by atoms with Gasteiger partial charge in [0.15, 0.2) is 5.96 Å². The molecule has 1 atom stereocenters. The second-order valence-electron chi connectivity index (χ2n) is 6.93. The van der Waals surface area contributed by atoms with E-state index in [1.807, 2.05) is 26.8 Å². The van der Waals surface area contributed by atoms with E-state index in [0.717, 1.165) is 5.76 Å². The highest BCUT2D eigenvalue weighted by Gasteiger charge is 2.27. The summed E-state index contributed by atoms with van der Waals surface area (Å²) in [5, 5.41) is 16.9. The molecule has 1 aromatic heterocycles. The van der Waals surface area contributed by atoms with Crippen LogP contribution in [-0.4, -0.2) is 45.7 Å². The van der Waals surface area contributed by atoms with E-state index in [4.69, 9.17) is 4.42 Å². The van der Waals surface area contributed by atoms with Gasteiger partial charge in [-0.25, -0.2) is 18.1 Å². The highest BCUT2D eigenvalue weighted by Crippen LogP contribution is 2.27. The van der Waals surface area contributed by atoms with Gasteiger partial charge in [0.25, 0.3) is 0 Å². The van der Waals surface area contributed by atoms with E-state index in [0.29, 0.717) is 30.4 Å². The van der Waals surface area contributed by atoms with Gasteiger partial charge in [0, 0.05) is 25.2 Å². The fraction of sp³-hybridized carbons (Fsp3) is 0.450. The van der Waals surface area contributed by atoms with Crippen molar-refractivity contribution in [1.29, 1.82) is 0 Å². The molecule has 29 heavy (non-hydrogen) atoms. The highest BCUT2D eigenvalue weighted by molar-refractivity contribution is 7.89. The van der Waals surface area contributed by atoms with Crippen LogP contribution in [0.4, 0.5) is 0 Å². The van der Waals surface area contributed by atoms with Crippen molar-refractivity contribution >= 4 is 16.0 Å². The van der Waals surface area contributed by atoms with Crippen molar-refractivity contribution in [2.45, 2.75) is 38.2 Å². The van der Waals surface area contributed by atoms with Crippen LogP contribution in [0.25, 0.3) is 0 Å². The number of furan rings is 1. The van der Waals surface area contributed by atoms with Gasteiger partial charge < -0.3 is 20.2 Å². The van der Waals surface area contributed by atoms with Crippen LogP contribution in [-0.2, 0) is 15.6 Å². The number of sulfonamides is 1. The molecular weight excluding hydrogens is 392 g/mol. The van der Waals surface area contributed by atoms with Crippen molar-refractivity contribution in [2.75, 3.05) is 26.2 Å². The van der Waals surface area contributed by atoms with Crippen LogP contribution in [0.1, 0.15) is 30.9 Å². The summed E-state index contributed by atoms with van der Waals surface area (Å²) in [7, 11) is -3.55. The third kappa shape index (κ3) is 6.59. The van der Waals surface area contributed by atoms with Crippen LogP contribution in [0.5, 0.6) is 0 Å². The maximum Gasteiger partial charge on any atom is 0.240 e. The Bertz CT molecular complexity index is 921. The Kier molecular flexibility index (Phi) is 7.83. The van der Waals surface area contributed by atoms with Gasteiger partial charge in [-0.05, 0) is 45.9 Å². The summed E-state index contributed by atoms with van der Waals surface area (Å²) >= 11 is 0. The predicted octanol–water partition coefficient (Wildman–Crippen LogP) is 1.64. The van der Waals surface area contributed by atoms with Gasteiger partial charge in [0.05, 0.1) is 11.4 Å². The molecule has 2 aromatic rings.